The highest BCUT2D eigenvalue weighted by Crippen LogP contribution is 2.23. The van der Waals surface area contributed by atoms with Gasteiger partial charge in [0.15, 0.2) is 5.96 Å². The van der Waals surface area contributed by atoms with Crippen LogP contribution < -0.4 is 15.4 Å². The average molecular weight is 364 g/mol. The van der Waals surface area contributed by atoms with Crippen LogP contribution in [0.5, 0.6) is 5.75 Å². The van der Waals surface area contributed by atoms with Gasteiger partial charge in [-0.05, 0) is 37.8 Å². The molecule has 6 heteroatoms. The number of methoxy groups -OCH3 is 1. The zero-order valence-electron chi connectivity index (χ0n) is 16.3. The summed E-state index contributed by atoms with van der Waals surface area (Å²) in [5.41, 5.74) is 2.33. The molecule has 26 heavy (non-hydrogen) atoms. The molecule has 6 nitrogen and oxygen atoms in total. The molecule has 1 aromatic carbocycles. The van der Waals surface area contributed by atoms with Gasteiger partial charge in [0.1, 0.15) is 11.9 Å². The molecule has 2 rings (SSSR count). The predicted octanol–water partition coefficient (Wildman–Crippen LogP) is 2.64. The first-order chi connectivity index (χ1) is 12.7. The largest absolute Gasteiger partial charge is 0.488 e. The molecule has 146 valence electrons. The Labute approximate surface area is 157 Å². The quantitative estimate of drug-likeness (QED) is 0.380. The molecule has 1 fully saturated rings. The van der Waals surface area contributed by atoms with E-state index in [-0.39, 0.29) is 6.10 Å². The van der Waals surface area contributed by atoms with E-state index in [0.717, 1.165) is 62.7 Å². The van der Waals surface area contributed by atoms with E-state index >= 15 is 0 Å². The van der Waals surface area contributed by atoms with Crippen molar-refractivity contribution < 1.29 is 14.2 Å². The van der Waals surface area contributed by atoms with Gasteiger partial charge in [0.25, 0.3) is 0 Å². The van der Waals surface area contributed by atoms with E-state index in [0.29, 0.717) is 13.2 Å². The topological polar surface area (TPSA) is 64.1 Å². The van der Waals surface area contributed by atoms with Crippen LogP contribution in [-0.4, -0.2) is 52.6 Å². The van der Waals surface area contributed by atoms with E-state index in [1.165, 1.54) is 5.56 Å². The Kier molecular flexibility index (Phi) is 9.28. The lowest BCUT2D eigenvalue weighted by atomic mass is 10.1. The van der Waals surface area contributed by atoms with E-state index in [1.54, 1.807) is 14.2 Å². The number of ether oxygens (including phenoxy) is 3. The third kappa shape index (κ3) is 7.22. The van der Waals surface area contributed by atoms with Crippen molar-refractivity contribution in [2.24, 2.45) is 4.99 Å². The maximum atomic E-state index is 6.15. The second-order valence-electron chi connectivity index (χ2n) is 6.62. The maximum Gasteiger partial charge on any atom is 0.191 e. The highest BCUT2D eigenvalue weighted by molar-refractivity contribution is 5.79. The molecule has 0 radical (unpaired) electrons. The molecule has 0 aromatic heterocycles. The number of rotatable bonds is 10. The number of unbranched alkanes of at least 4 members (excludes halogenated alkanes) is 2. The number of guanidine groups is 1. The third-order valence-corrected chi connectivity index (χ3v) is 4.39. The lowest BCUT2D eigenvalue weighted by molar-refractivity contribution is 0.140. The van der Waals surface area contributed by atoms with Crippen LogP contribution in [0.4, 0.5) is 0 Å². The Hall–Kier alpha value is -1.79. The molecular formula is C20H33N3O3. The normalized spacial score (nSPS) is 17.3. The molecule has 1 aromatic rings. The van der Waals surface area contributed by atoms with Gasteiger partial charge in [0.2, 0.25) is 0 Å². The maximum absolute atomic E-state index is 6.15. The molecule has 1 unspecified atom stereocenters. The van der Waals surface area contributed by atoms with Gasteiger partial charge >= 0.3 is 0 Å². The van der Waals surface area contributed by atoms with Crippen molar-refractivity contribution >= 4 is 5.96 Å². The SMILES string of the molecule is CN=C(NCCCCCOC)NCc1ccc(C)cc1OC1CCOC1. The predicted molar refractivity (Wildman–Crippen MR) is 105 cm³/mol. The van der Waals surface area contributed by atoms with Crippen LogP contribution in [0.2, 0.25) is 0 Å². The minimum absolute atomic E-state index is 0.153. The first kappa shape index (κ1) is 20.5. The van der Waals surface area contributed by atoms with E-state index in [9.17, 15) is 0 Å². The standard InChI is InChI=1S/C20H33N3O3/c1-16-7-8-17(19(13-16)26-18-9-12-25-15-18)14-23-20(21-2)22-10-5-4-6-11-24-3/h7-8,13,18H,4-6,9-12,14-15H2,1-3H3,(H2,21,22,23). The van der Waals surface area contributed by atoms with Crippen LogP contribution in [0.3, 0.4) is 0 Å². The highest BCUT2D eigenvalue weighted by atomic mass is 16.5. The lowest BCUT2D eigenvalue weighted by Gasteiger charge is -2.18. The van der Waals surface area contributed by atoms with Crippen molar-refractivity contribution in [1.82, 2.24) is 10.6 Å². The van der Waals surface area contributed by atoms with Gasteiger partial charge in [-0.15, -0.1) is 0 Å². The van der Waals surface area contributed by atoms with Gasteiger partial charge in [-0.3, -0.25) is 4.99 Å². The first-order valence-corrected chi connectivity index (χ1v) is 9.50. The van der Waals surface area contributed by atoms with Crippen molar-refractivity contribution in [3.63, 3.8) is 0 Å². The van der Waals surface area contributed by atoms with Gasteiger partial charge < -0.3 is 24.8 Å². The van der Waals surface area contributed by atoms with E-state index in [4.69, 9.17) is 14.2 Å². The summed E-state index contributed by atoms with van der Waals surface area (Å²) in [7, 11) is 3.54. The number of hydrogen-bond acceptors (Lipinski definition) is 4. The van der Waals surface area contributed by atoms with Crippen molar-refractivity contribution in [2.75, 3.05) is 40.5 Å². The Bertz CT molecular complexity index is 557. The molecule has 0 saturated carbocycles. The number of benzene rings is 1. The van der Waals surface area contributed by atoms with E-state index < -0.39 is 0 Å². The second kappa shape index (κ2) is 11.8. The van der Waals surface area contributed by atoms with Crippen molar-refractivity contribution in [2.45, 2.75) is 45.3 Å². The highest BCUT2D eigenvalue weighted by Gasteiger charge is 2.18. The third-order valence-electron chi connectivity index (χ3n) is 4.39. The van der Waals surface area contributed by atoms with Crippen LogP contribution in [-0.2, 0) is 16.0 Å². The first-order valence-electron chi connectivity index (χ1n) is 9.50. The van der Waals surface area contributed by atoms with Crippen molar-refractivity contribution in [1.29, 1.82) is 0 Å². The van der Waals surface area contributed by atoms with Gasteiger partial charge in [-0.1, -0.05) is 12.1 Å². The zero-order chi connectivity index (χ0) is 18.6. The van der Waals surface area contributed by atoms with Crippen LogP contribution in [0.25, 0.3) is 0 Å². The van der Waals surface area contributed by atoms with E-state index in [2.05, 4.69) is 40.7 Å². The number of aryl methyl sites for hydroxylation is 1. The Morgan fingerprint density at radius 2 is 2.15 bits per heavy atom. The zero-order valence-corrected chi connectivity index (χ0v) is 16.3. The summed E-state index contributed by atoms with van der Waals surface area (Å²) in [5, 5.41) is 6.73. The monoisotopic (exact) mass is 363 g/mol. The fraction of sp³-hybridized carbons (Fsp3) is 0.650. The Morgan fingerprint density at radius 3 is 2.88 bits per heavy atom. The van der Waals surface area contributed by atoms with E-state index in [1.807, 2.05) is 0 Å². The molecule has 1 heterocycles. The average Bonchev–Trinajstić information content (AvgIpc) is 3.15. The summed E-state index contributed by atoms with van der Waals surface area (Å²) in [6.45, 7) is 5.94. The molecule has 0 bridgehead atoms. The van der Waals surface area contributed by atoms with Crippen molar-refractivity contribution in [3.8, 4) is 5.75 Å². The summed E-state index contributed by atoms with van der Waals surface area (Å²) in [6.07, 6.45) is 4.45. The Morgan fingerprint density at radius 1 is 1.27 bits per heavy atom. The smallest absolute Gasteiger partial charge is 0.191 e. The fourth-order valence-electron chi connectivity index (χ4n) is 2.86. The second-order valence-corrected chi connectivity index (χ2v) is 6.62. The van der Waals surface area contributed by atoms with Crippen molar-refractivity contribution in [3.05, 3.63) is 29.3 Å². The molecule has 1 saturated heterocycles. The van der Waals surface area contributed by atoms with Gasteiger partial charge in [0, 0.05) is 45.8 Å². The fourth-order valence-corrected chi connectivity index (χ4v) is 2.86. The van der Waals surface area contributed by atoms with Crippen LogP contribution in [0.15, 0.2) is 23.2 Å². The number of nitrogens with zero attached hydrogens (tertiary/aromatic N) is 1. The number of aliphatic imine (C=N–C) groups is 1. The number of nitrogens with one attached hydrogen (secondary N) is 2. The van der Waals surface area contributed by atoms with Crippen LogP contribution in [0, 0.1) is 6.92 Å². The minimum atomic E-state index is 0.153. The van der Waals surface area contributed by atoms with Gasteiger partial charge in [-0.2, -0.15) is 0 Å². The Balaban J connectivity index is 1.81. The van der Waals surface area contributed by atoms with Crippen LogP contribution >= 0.6 is 0 Å². The summed E-state index contributed by atoms with van der Waals surface area (Å²) in [4.78, 5) is 4.30. The summed E-state index contributed by atoms with van der Waals surface area (Å²) in [6, 6.07) is 6.33. The molecule has 0 aliphatic carbocycles. The van der Waals surface area contributed by atoms with Gasteiger partial charge in [0.05, 0.1) is 13.2 Å². The molecule has 1 atom stereocenters. The number of hydrogen-bond donors (Lipinski definition) is 2. The molecule has 0 spiro atoms. The summed E-state index contributed by atoms with van der Waals surface area (Å²) >= 11 is 0. The van der Waals surface area contributed by atoms with Crippen LogP contribution in [0.1, 0.15) is 36.8 Å². The lowest BCUT2D eigenvalue weighted by Crippen LogP contribution is -2.37. The molecule has 1 aliphatic heterocycles. The molecule has 1 aliphatic rings. The minimum Gasteiger partial charge on any atom is -0.488 e. The molecule has 0 amide bonds. The summed E-state index contributed by atoms with van der Waals surface area (Å²) in [5.74, 6) is 1.75. The molecular weight excluding hydrogens is 330 g/mol. The van der Waals surface area contributed by atoms with Gasteiger partial charge in [-0.25, -0.2) is 0 Å². The molecule has 2 N–H and O–H groups in total. The summed E-state index contributed by atoms with van der Waals surface area (Å²) < 4.78 is 16.6.